The monoisotopic (exact) mass is 275 g/mol. The quantitative estimate of drug-likeness (QED) is 0.814. The summed E-state index contributed by atoms with van der Waals surface area (Å²) < 4.78 is 17.4. The van der Waals surface area contributed by atoms with Gasteiger partial charge in [-0.25, -0.2) is 8.57 Å². The molecule has 0 heterocycles. The van der Waals surface area contributed by atoms with E-state index in [0.29, 0.717) is 0 Å². The summed E-state index contributed by atoms with van der Waals surface area (Å²) in [5.41, 5.74) is 0. The van der Waals surface area contributed by atoms with Gasteiger partial charge in [-0.05, 0) is 38.1 Å². The van der Waals surface area contributed by atoms with Gasteiger partial charge in [-0.1, -0.05) is 15.9 Å². The first-order valence-electron chi connectivity index (χ1n) is 4.40. The molecule has 2 nitrogen and oxygen atoms in total. The minimum atomic E-state index is -2.23. The van der Waals surface area contributed by atoms with E-state index in [1.54, 1.807) is 7.05 Å². The predicted molar refractivity (Wildman–Crippen MR) is 64.0 cm³/mol. The van der Waals surface area contributed by atoms with E-state index in [0.717, 1.165) is 9.37 Å². The van der Waals surface area contributed by atoms with Gasteiger partial charge in [-0.15, -0.1) is 0 Å². The van der Waals surface area contributed by atoms with E-state index in [1.807, 2.05) is 38.1 Å². The number of hydrogen-bond donors (Lipinski definition) is 0. The van der Waals surface area contributed by atoms with Gasteiger partial charge in [0.05, 0.1) is 9.73 Å². The molecule has 0 radical (unpaired) electrons. The van der Waals surface area contributed by atoms with Crippen molar-refractivity contribution in [2.75, 3.05) is 7.05 Å². The fraction of sp³-hybridized carbons (Fsp3) is 0.400. The van der Waals surface area contributed by atoms with Crippen LogP contribution >= 0.6 is 15.9 Å². The van der Waals surface area contributed by atoms with Crippen LogP contribution in [0, 0.1) is 0 Å². The molecule has 0 bridgehead atoms. The molecule has 1 aromatic carbocycles. The van der Waals surface area contributed by atoms with Gasteiger partial charge in [0.25, 0.3) is 0 Å². The maximum atomic E-state index is 12.4. The van der Waals surface area contributed by atoms with Gasteiger partial charge in [-0.3, -0.25) is 0 Å². The van der Waals surface area contributed by atoms with Crippen molar-refractivity contribution in [3.05, 3.63) is 28.7 Å². The Morgan fingerprint density at radius 2 is 1.79 bits per heavy atom. The molecule has 0 aliphatic rings. The number of nitrogens with zero attached hydrogens (tertiary/aromatic N) is 1. The highest BCUT2D eigenvalue weighted by Gasteiger charge is 2.15. The molecule has 0 N–H and O–H groups in total. The van der Waals surface area contributed by atoms with Gasteiger partial charge in [-0.2, -0.15) is 0 Å². The smallest absolute Gasteiger partial charge is 0.0773 e. The van der Waals surface area contributed by atoms with Crippen LogP contribution in [0.25, 0.3) is 0 Å². The third-order valence-electron chi connectivity index (χ3n) is 2.06. The summed E-state index contributed by atoms with van der Waals surface area (Å²) in [5, 5.41) is 0.0358. The Hall–Kier alpha value is -0.350. The summed E-state index contributed by atoms with van der Waals surface area (Å²) in [5.74, 6) is 0. The summed E-state index contributed by atoms with van der Waals surface area (Å²) in [6.07, 6.45) is 0. The number of halogens is 1. The van der Waals surface area contributed by atoms with E-state index in [4.69, 9.17) is 0 Å². The Bertz CT molecular complexity index is 416. The lowest BCUT2D eigenvalue weighted by Gasteiger charge is -2.12. The van der Waals surface area contributed by atoms with E-state index >= 15 is 0 Å². The predicted octanol–water partition coefficient (Wildman–Crippen LogP) is 3.31. The van der Waals surface area contributed by atoms with Gasteiger partial charge in [0.1, 0.15) is 0 Å². The zero-order valence-corrected chi connectivity index (χ0v) is 10.9. The van der Waals surface area contributed by atoms with Crippen LogP contribution in [0.4, 0.5) is 0 Å². The summed E-state index contributed by atoms with van der Waals surface area (Å²) in [7, 11) is -0.619. The zero-order chi connectivity index (χ0) is 10.8. The van der Waals surface area contributed by atoms with Crippen molar-refractivity contribution in [1.29, 1.82) is 0 Å². The Labute approximate surface area is 94.0 Å². The highest BCUT2D eigenvalue weighted by molar-refractivity contribution is 9.10. The molecule has 0 saturated heterocycles. The van der Waals surface area contributed by atoms with Gasteiger partial charge in [0, 0.05) is 21.7 Å². The Morgan fingerprint density at radius 1 is 1.29 bits per heavy atom. The molecule has 0 spiro atoms. The highest BCUT2D eigenvalue weighted by atomic mass is 79.9. The van der Waals surface area contributed by atoms with Crippen LogP contribution in [-0.2, 0) is 9.73 Å². The second-order valence-electron chi connectivity index (χ2n) is 3.25. The van der Waals surface area contributed by atoms with Gasteiger partial charge >= 0.3 is 0 Å². The van der Waals surface area contributed by atoms with Crippen LogP contribution in [0.15, 0.2) is 38.0 Å². The van der Waals surface area contributed by atoms with Crippen molar-refractivity contribution in [3.63, 3.8) is 0 Å². The molecule has 78 valence electrons. The fourth-order valence-corrected chi connectivity index (χ4v) is 3.19. The molecule has 14 heavy (non-hydrogen) atoms. The minimum Gasteiger partial charge on any atom is -0.244 e. The third-order valence-corrected chi connectivity index (χ3v) is 5.36. The molecule has 0 amide bonds. The third kappa shape index (κ3) is 2.17. The SMILES string of the molecule is CN=S(=O)(c1ccc(Br)cc1)C(C)C. The van der Waals surface area contributed by atoms with Crippen LogP contribution in [0.3, 0.4) is 0 Å². The van der Waals surface area contributed by atoms with Gasteiger partial charge in [0.15, 0.2) is 0 Å². The Morgan fingerprint density at radius 3 is 2.14 bits per heavy atom. The van der Waals surface area contributed by atoms with Crippen molar-refractivity contribution in [2.45, 2.75) is 24.0 Å². The lowest BCUT2D eigenvalue weighted by Crippen LogP contribution is -2.13. The second kappa shape index (κ2) is 4.45. The number of hydrogen-bond acceptors (Lipinski definition) is 2. The number of rotatable bonds is 2. The van der Waals surface area contributed by atoms with Gasteiger partial charge in [0.2, 0.25) is 0 Å². The zero-order valence-electron chi connectivity index (χ0n) is 8.53. The molecule has 1 atom stereocenters. The molecule has 1 aromatic rings. The van der Waals surface area contributed by atoms with Crippen molar-refractivity contribution in [1.82, 2.24) is 0 Å². The van der Waals surface area contributed by atoms with Crippen LogP contribution in [0.5, 0.6) is 0 Å². The highest BCUT2D eigenvalue weighted by Crippen LogP contribution is 2.20. The Kier molecular flexibility index (Phi) is 3.72. The van der Waals surface area contributed by atoms with Crippen LogP contribution in [0.2, 0.25) is 0 Å². The first kappa shape index (κ1) is 11.7. The average Bonchev–Trinajstić information content (AvgIpc) is 2.17. The van der Waals surface area contributed by atoms with E-state index in [1.165, 1.54) is 0 Å². The normalized spacial score (nSPS) is 15.2. The first-order chi connectivity index (χ1) is 6.50. The molecule has 0 fully saturated rings. The van der Waals surface area contributed by atoms with E-state index in [2.05, 4.69) is 20.3 Å². The molecular weight excluding hydrogens is 262 g/mol. The fourth-order valence-electron chi connectivity index (χ4n) is 1.22. The summed E-state index contributed by atoms with van der Waals surface area (Å²) >= 11 is 3.35. The topological polar surface area (TPSA) is 29.4 Å². The summed E-state index contributed by atoms with van der Waals surface area (Å²) in [6.45, 7) is 3.86. The second-order valence-corrected chi connectivity index (χ2v) is 7.09. The lowest BCUT2D eigenvalue weighted by atomic mass is 10.4. The van der Waals surface area contributed by atoms with Crippen molar-refractivity contribution >= 4 is 25.7 Å². The molecule has 0 aliphatic heterocycles. The maximum Gasteiger partial charge on any atom is 0.0773 e. The molecule has 0 saturated carbocycles. The summed E-state index contributed by atoms with van der Waals surface area (Å²) in [4.78, 5) is 0.804. The maximum absolute atomic E-state index is 12.4. The average molecular weight is 276 g/mol. The largest absolute Gasteiger partial charge is 0.244 e. The molecule has 0 aliphatic carbocycles. The van der Waals surface area contributed by atoms with Crippen LogP contribution in [0.1, 0.15) is 13.8 Å². The number of benzene rings is 1. The lowest BCUT2D eigenvalue weighted by molar-refractivity contribution is 0.669. The Balaban J connectivity index is 3.29. The van der Waals surface area contributed by atoms with Gasteiger partial charge < -0.3 is 0 Å². The molecular formula is C10H14BrNOS. The standard InChI is InChI=1S/C10H14BrNOS/c1-8(2)14(13,12-3)10-6-4-9(11)5-7-10/h4-8H,1-3H3. The van der Waals surface area contributed by atoms with Crippen LogP contribution in [-0.4, -0.2) is 16.5 Å². The van der Waals surface area contributed by atoms with E-state index < -0.39 is 9.73 Å². The van der Waals surface area contributed by atoms with Crippen molar-refractivity contribution < 1.29 is 4.21 Å². The molecule has 1 rings (SSSR count). The van der Waals surface area contributed by atoms with Crippen molar-refractivity contribution in [2.24, 2.45) is 4.36 Å². The van der Waals surface area contributed by atoms with E-state index in [-0.39, 0.29) is 5.25 Å². The van der Waals surface area contributed by atoms with E-state index in [9.17, 15) is 4.21 Å². The molecule has 4 heteroatoms. The van der Waals surface area contributed by atoms with Crippen LogP contribution < -0.4 is 0 Å². The molecule has 0 aromatic heterocycles. The van der Waals surface area contributed by atoms with Crippen molar-refractivity contribution in [3.8, 4) is 0 Å². The summed E-state index contributed by atoms with van der Waals surface area (Å²) in [6, 6.07) is 7.50. The minimum absolute atomic E-state index is 0.0358. The molecule has 1 unspecified atom stereocenters. The first-order valence-corrected chi connectivity index (χ1v) is 6.77.